The van der Waals surface area contributed by atoms with Gasteiger partial charge in [-0.25, -0.2) is 0 Å². The molecule has 0 aliphatic heterocycles. The number of amides is 1. The molecule has 0 spiro atoms. The molecule has 0 aromatic heterocycles. The van der Waals surface area contributed by atoms with Crippen LogP contribution in [0, 0.1) is 0 Å². The molecule has 1 amide bonds. The van der Waals surface area contributed by atoms with E-state index in [1.165, 1.54) is 44.9 Å². The van der Waals surface area contributed by atoms with Gasteiger partial charge in [0.2, 0.25) is 5.91 Å². The highest BCUT2D eigenvalue weighted by atomic mass is 16.5. The van der Waals surface area contributed by atoms with Crippen LogP contribution in [0.2, 0.25) is 0 Å². The molecule has 0 aromatic carbocycles. The normalized spacial score (nSPS) is 12.8. The lowest BCUT2D eigenvalue weighted by atomic mass is 9.89. The number of hydrogen-bond donors (Lipinski definition) is 1. The molecule has 194 valence electrons. The summed E-state index contributed by atoms with van der Waals surface area (Å²) in [7, 11) is 0. The zero-order chi connectivity index (χ0) is 24.8. The van der Waals surface area contributed by atoms with E-state index in [4.69, 9.17) is 4.74 Å². The lowest BCUT2D eigenvalue weighted by Crippen LogP contribution is -2.52. The first-order valence-electron chi connectivity index (χ1n) is 13.9. The van der Waals surface area contributed by atoms with Gasteiger partial charge >= 0.3 is 5.97 Å². The Bertz CT molecular complexity index is 494. The zero-order valence-electron chi connectivity index (χ0n) is 22.3. The lowest BCUT2D eigenvalue weighted by molar-refractivity contribution is -0.147. The van der Waals surface area contributed by atoms with E-state index in [0.29, 0.717) is 38.5 Å². The van der Waals surface area contributed by atoms with Gasteiger partial charge in [0.15, 0.2) is 0 Å². The summed E-state index contributed by atoms with van der Waals surface area (Å²) in [6, 6.07) is 0. The molecule has 0 aliphatic carbocycles. The van der Waals surface area contributed by atoms with Crippen molar-refractivity contribution in [2.24, 2.45) is 0 Å². The van der Waals surface area contributed by atoms with E-state index < -0.39 is 5.54 Å². The first kappa shape index (κ1) is 31.6. The predicted molar refractivity (Wildman–Crippen MR) is 137 cm³/mol. The Hall–Kier alpha value is -1.39. The summed E-state index contributed by atoms with van der Waals surface area (Å²) in [4.78, 5) is 37.1. The minimum Gasteiger partial charge on any atom is -0.463 e. The molecule has 1 unspecified atom stereocenters. The average Bonchev–Trinajstić information content (AvgIpc) is 2.82. The Morgan fingerprint density at radius 1 is 0.636 bits per heavy atom. The number of ketones is 1. The third-order valence-corrected chi connectivity index (χ3v) is 6.52. The van der Waals surface area contributed by atoms with E-state index in [9.17, 15) is 14.4 Å². The van der Waals surface area contributed by atoms with Crippen molar-refractivity contribution in [2.45, 2.75) is 155 Å². The molecule has 5 nitrogen and oxygen atoms in total. The highest BCUT2D eigenvalue weighted by Crippen LogP contribution is 2.21. The Labute approximate surface area is 204 Å². The highest BCUT2D eigenvalue weighted by Gasteiger charge is 2.32. The summed E-state index contributed by atoms with van der Waals surface area (Å²) in [5.41, 5.74) is -0.653. The molecule has 1 N–H and O–H groups in total. The maximum Gasteiger partial charge on any atom is 0.305 e. The number of carbonyl (C=O) groups excluding carboxylic acids is 3. The molecule has 0 saturated carbocycles. The molecule has 0 saturated heterocycles. The van der Waals surface area contributed by atoms with Crippen molar-refractivity contribution in [1.29, 1.82) is 0 Å². The number of ether oxygens (including phenoxy) is 1. The van der Waals surface area contributed by atoms with E-state index in [-0.39, 0.29) is 24.3 Å². The highest BCUT2D eigenvalue weighted by molar-refractivity contribution is 5.79. The van der Waals surface area contributed by atoms with Gasteiger partial charge in [-0.2, -0.15) is 0 Å². The van der Waals surface area contributed by atoms with Crippen LogP contribution < -0.4 is 5.32 Å². The Morgan fingerprint density at radius 3 is 1.76 bits per heavy atom. The second kappa shape index (κ2) is 21.2. The molecule has 0 fully saturated rings. The minimum absolute atomic E-state index is 0.00501. The van der Waals surface area contributed by atoms with E-state index >= 15 is 0 Å². The average molecular weight is 468 g/mol. The van der Waals surface area contributed by atoms with Crippen LogP contribution >= 0.6 is 0 Å². The first-order chi connectivity index (χ1) is 15.9. The fraction of sp³-hybridized carbons (Fsp3) is 0.893. The number of carbonyl (C=O) groups is 3. The van der Waals surface area contributed by atoms with Gasteiger partial charge in [0.25, 0.3) is 0 Å². The van der Waals surface area contributed by atoms with Crippen molar-refractivity contribution < 1.29 is 19.1 Å². The van der Waals surface area contributed by atoms with Gasteiger partial charge in [0.1, 0.15) is 12.4 Å². The molecule has 0 radical (unpaired) electrons. The molecule has 0 rings (SSSR count). The summed E-state index contributed by atoms with van der Waals surface area (Å²) >= 11 is 0. The monoisotopic (exact) mass is 467 g/mol. The number of rotatable bonds is 23. The van der Waals surface area contributed by atoms with E-state index in [0.717, 1.165) is 38.5 Å². The summed E-state index contributed by atoms with van der Waals surface area (Å²) in [6.07, 6.45) is 17.6. The van der Waals surface area contributed by atoms with Crippen LogP contribution in [-0.4, -0.2) is 29.8 Å². The van der Waals surface area contributed by atoms with Crippen LogP contribution in [0.4, 0.5) is 0 Å². The van der Waals surface area contributed by atoms with Gasteiger partial charge in [0.05, 0.1) is 5.54 Å². The third-order valence-electron chi connectivity index (χ3n) is 6.52. The van der Waals surface area contributed by atoms with Crippen LogP contribution in [0.1, 0.15) is 150 Å². The number of hydrogen-bond acceptors (Lipinski definition) is 4. The van der Waals surface area contributed by atoms with Crippen molar-refractivity contribution in [1.82, 2.24) is 5.32 Å². The van der Waals surface area contributed by atoms with Gasteiger partial charge in [-0.05, 0) is 32.1 Å². The quantitative estimate of drug-likeness (QED) is 0.125. The molecule has 0 aromatic rings. The number of Topliss-reactive ketones (excluding diaryl/α,β-unsaturated/α-hetero) is 1. The Morgan fingerprint density at radius 2 is 1.18 bits per heavy atom. The van der Waals surface area contributed by atoms with Crippen molar-refractivity contribution in [3.63, 3.8) is 0 Å². The molecule has 33 heavy (non-hydrogen) atoms. The number of nitrogens with one attached hydrogen (secondary N) is 1. The number of unbranched alkanes of at least 4 members (excludes halogenated alkanes) is 10. The van der Waals surface area contributed by atoms with Crippen LogP contribution in [0.15, 0.2) is 0 Å². The van der Waals surface area contributed by atoms with Gasteiger partial charge < -0.3 is 10.1 Å². The topological polar surface area (TPSA) is 72.5 Å². The van der Waals surface area contributed by atoms with Crippen molar-refractivity contribution >= 4 is 17.7 Å². The summed E-state index contributed by atoms with van der Waals surface area (Å²) in [6.45, 7) is 8.50. The van der Waals surface area contributed by atoms with E-state index in [1.54, 1.807) is 0 Å². The van der Waals surface area contributed by atoms with E-state index in [2.05, 4.69) is 19.2 Å². The van der Waals surface area contributed by atoms with Crippen LogP contribution in [-0.2, 0) is 19.1 Å². The second-order valence-electron chi connectivity index (χ2n) is 9.67. The predicted octanol–water partition coefficient (Wildman–Crippen LogP) is 7.45. The third kappa shape index (κ3) is 17.7. The largest absolute Gasteiger partial charge is 0.463 e. The fourth-order valence-electron chi connectivity index (χ4n) is 3.98. The summed E-state index contributed by atoms with van der Waals surface area (Å²) < 4.78 is 5.55. The van der Waals surface area contributed by atoms with Crippen LogP contribution in [0.5, 0.6) is 0 Å². The smallest absolute Gasteiger partial charge is 0.305 e. The van der Waals surface area contributed by atoms with Gasteiger partial charge in [-0.1, -0.05) is 91.9 Å². The van der Waals surface area contributed by atoms with Crippen molar-refractivity contribution in [3.05, 3.63) is 0 Å². The summed E-state index contributed by atoms with van der Waals surface area (Å²) in [5, 5.41) is 3.16. The SMILES string of the molecule is CCCCCCCCCCCC(=O)NC(CC)(CCC(=O)CCCC)COC(=O)CCCC. The molecule has 0 bridgehead atoms. The molecule has 0 heterocycles. The Kier molecular flexibility index (Phi) is 20.3. The Balaban J connectivity index is 4.60. The fourth-order valence-corrected chi connectivity index (χ4v) is 3.98. The molecule has 5 heteroatoms. The maximum absolute atomic E-state index is 12.7. The molecule has 0 aliphatic rings. The molecule has 1 atom stereocenters. The van der Waals surface area contributed by atoms with Crippen molar-refractivity contribution in [3.8, 4) is 0 Å². The second-order valence-corrected chi connectivity index (χ2v) is 9.67. The summed E-state index contributed by atoms with van der Waals surface area (Å²) in [5.74, 6) is 0.00532. The lowest BCUT2D eigenvalue weighted by Gasteiger charge is -2.33. The molecular formula is C28H53NO4. The van der Waals surface area contributed by atoms with Crippen molar-refractivity contribution in [2.75, 3.05) is 6.61 Å². The van der Waals surface area contributed by atoms with Gasteiger partial charge in [-0.15, -0.1) is 0 Å². The zero-order valence-corrected chi connectivity index (χ0v) is 22.3. The molecular weight excluding hydrogens is 414 g/mol. The standard InChI is InChI=1S/C28H53NO4/c1-5-9-12-13-14-15-16-17-18-20-26(31)29-28(8-4,23-22-25(30)19-10-6-2)24-33-27(32)21-11-7-3/h5-24H2,1-4H3,(H,29,31). The first-order valence-corrected chi connectivity index (χ1v) is 13.9. The number of esters is 1. The van der Waals surface area contributed by atoms with E-state index in [1.807, 2.05) is 13.8 Å². The van der Waals surface area contributed by atoms with Crippen LogP contribution in [0.3, 0.4) is 0 Å². The van der Waals surface area contributed by atoms with Gasteiger partial charge in [0, 0.05) is 25.7 Å². The van der Waals surface area contributed by atoms with Crippen LogP contribution in [0.25, 0.3) is 0 Å². The maximum atomic E-state index is 12.7. The minimum atomic E-state index is -0.653. The van der Waals surface area contributed by atoms with Gasteiger partial charge in [-0.3, -0.25) is 14.4 Å².